The van der Waals surface area contributed by atoms with Crippen molar-refractivity contribution in [2.75, 3.05) is 24.2 Å². The summed E-state index contributed by atoms with van der Waals surface area (Å²) in [6, 6.07) is 9.59. The number of pyridine rings is 2. The molecule has 0 amide bonds. The molecule has 5 heteroatoms. The summed E-state index contributed by atoms with van der Waals surface area (Å²) in [5.74, 6) is 0.646. The Kier molecular flexibility index (Phi) is 3.94. The Labute approximate surface area is 112 Å². The zero-order valence-electron chi connectivity index (χ0n) is 10.7. The van der Waals surface area contributed by atoms with Gasteiger partial charge in [-0.1, -0.05) is 6.07 Å². The molecular formula is C14H15N5. The van der Waals surface area contributed by atoms with Gasteiger partial charge in [0.1, 0.15) is 11.9 Å². The molecule has 0 spiro atoms. The second kappa shape index (κ2) is 5.83. The van der Waals surface area contributed by atoms with Gasteiger partial charge in [0, 0.05) is 31.9 Å². The zero-order chi connectivity index (χ0) is 13.7. The van der Waals surface area contributed by atoms with Gasteiger partial charge < -0.3 is 10.6 Å². The van der Waals surface area contributed by atoms with Crippen LogP contribution >= 0.6 is 0 Å². The fraction of sp³-hybridized carbons (Fsp3) is 0.214. The quantitative estimate of drug-likeness (QED) is 0.895. The van der Waals surface area contributed by atoms with Gasteiger partial charge in [-0.15, -0.1) is 0 Å². The Hall–Kier alpha value is -2.61. The Morgan fingerprint density at radius 2 is 2.21 bits per heavy atom. The third kappa shape index (κ3) is 3.19. The summed E-state index contributed by atoms with van der Waals surface area (Å²) in [6.07, 6.45) is 4.14. The molecule has 0 aliphatic rings. The van der Waals surface area contributed by atoms with Gasteiger partial charge in [-0.25, -0.2) is 4.98 Å². The van der Waals surface area contributed by atoms with Gasteiger partial charge in [-0.3, -0.25) is 4.98 Å². The van der Waals surface area contributed by atoms with E-state index in [1.54, 1.807) is 18.5 Å². The van der Waals surface area contributed by atoms with E-state index < -0.39 is 0 Å². The molecule has 2 heterocycles. The van der Waals surface area contributed by atoms with Crippen molar-refractivity contribution in [3.05, 3.63) is 47.9 Å². The Balaban J connectivity index is 2.08. The number of hydrogen-bond acceptors (Lipinski definition) is 5. The summed E-state index contributed by atoms with van der Waals surface area (Å²) in [4.78, 5) is 10.4. The molecule has 96 valence electrons. The topological polar surface area (TPSA) is 78.8 Å². The van der Waals surface area contributed by atoms with Crippen molar-refractivity contribution < 1.29 is 0 Å². The average molecular weight is 253 g/mol. The van der Waals surface area contributed by atoms with Crippen molar-refractivity contribution in [3.8, 4) is 6.07 Å². The molecule has 0 saturated carbocycles. The number of hydrogen-bond donors (Lipinski definition) is 1. The number of nitrogen functional groups attached to an aromatic ring is 1. The molecule has 0 aliphatic heterocycles. The summed E-state index contributed by atoms with van der Waals surface area (Å²) >= 11 is 0. The van der Waals surface area contributed by atoms with Gasteiger partial charge >= 0.3 is 0 Å². The molecular weight excluding hydrogens is 238 g/mol. The van der Waals surface area contributed by atoms with Crippen molar-refractivity contribution in [2.45, 2.75) is 6.42 Å². The summed E-state index contributed by atoms with van der Waals surface area (Å²) in [5.41, 5.74) is 7.63. The lowest BCUT2D eigenvalue weighted by Crippen LogP contribution is -2.22. The smallest absolute Gasteiger partial charge is 0.146 e. The molecule has 2 rings (SSSR count). The van der Waals surface area contributed by atoms with Crippen LogP contribution in [0.4, 0.5) is 11.5 Å². The van der Waals surface area contributed by atoms with E-state index in [-0.39, 0.29) is 0 Å². The monoisotopic (exact) mass is 253 g/mol. The second-order valence-electron chi connectivity index (χ2n) is 4.24. The SMILES string of the molecule is CN(CCc1ccccn1)c1ncc(N)cc1C#N. The minimum atomic E-state index is 0.489. The van der Waals surface area contributed by atoms with Crippen LogP contribution in [0.2, 0.25) is 0 Å². The van der Waals surface area contributed by atoms with E-state index in [0.29, 0.717) is 17.1 Å². The Morgan fingerprint density at radius 3 is 2.89 bits per heavy atom. The number of anilines is 2. The minimum absolute atomic E-state index is 0.489. The van der Waals surface area contributed by atoms with Crippen molar-refractivity contribution in [3.63, 3.8) is 0 Å². The van der Waals surface area contributed by atoms with Crippen molar-refractivity contribution >= 4 is 11.5 Å². The van der Waals surface area contributed by atoms with E-state index in [9.17, 15) is 0 Å². The Bertz CT molecular complexity index is 589. The third-order valence-electron chi connectivity index (χ3n) is 2.80. The average Bonchev–Trinajstić information content (AvgIpc) is 2.45. The number of aromatic nitrogens is 2. The molecule has 0 bridgehead atoms. The molecule has 0 saturated heterocycles. The molecule has 0 unspecified atom stereocenters. The van der Waals surface area contributed by atoms with Gasteiger partial charge in [0.2, 0.25) is 0 Å². The van der Waals surface area contributed by atoms with Crippen LogP contribution in [-0.4, -0.2) is 23.6 Å². The second-order valence-corrected chi connectivity index (χ2v) is 4.24. The maximum Gasteiger partial charge on any atom is 0.146 e. The lowest BCUT2D eigenvalue weighted by molar-refractivity contribution is 0.838. The van der Waals surface area contributed by atoms with E-state index >= 15 is 0 Å². The molecule has 5 nitrogen and oxygen atoms in total. The zero-order valence-corrected chi connectivity index (χ0v) is 10.7. The number of rotatable bonds is 4. The summed E-state index contributed by atoms with van der Waals surface area (Å²) in [5, 5.41) is 9.09. The first-order valence-electron chi connectivity index (χ1n) is 5.97. The van der Waals surface area contributed by atoms with Gasteiger partial charge in [-0.2, -0.15) is 5.26 Å². The molecule has 2 N–H and O–H groups in total. The molecule has 2 aromatic rings. The van der Waals surface area contributed by atoms with Crippen LogP contribution in [0.5, 0.6) is 0 Å². The number of nitriles is 1. The van der Waals surface area contributed by atoms with Gasteiger partial charge in [0.05, 0.1) is 17.4 Å². The molecule has 0 aliphatic carbocycles. The van der Waals surface area contributed by atoms with E-state index in [2.05, 4.69) is 16.0 Å². The first kappa shape index (κ1) is 12.8. The Morgan fingerprint density at radius 1 is 1.37 bits per heavy atom. The molecule has 2 aromatic heterocycles. The van der Waals surface area contributed by atoms with Gasteiger partial charge in [0.15, 0.2) is 0 Å². The predicted octanol–water partition coefficient (Wildman–Crippen LogP) is 1.61. The molecule has 0 radical (unpaired) electrons. The molecule has 0 aromatic carbocycles. The first-order valence-corrected chi connectivity index (χ1v) is 5.97. The largest absolute Gasteiger partial charge is 0.397 e. The van der Waals surface area contributed by atoms with Crippen LogP contribution in [-0.2, 0) is 6.42 Å². The number of nitrogens with two attached hydrogens (primary N) is 1. The lowest BCUT2D eigenvalue weighted by atomic mass is 10.2. The van der Waals surface area contributed by atoms with Gasteiger partial charge in [-0.05, 0) is 18.2 Å². The number of likely N-dealkylation sites (N-methyl/N-ethyl adjacent to an activating group) is 1. The molecule has 0 atom stereocenters. The maximum absolute atomic E-state index is 9.09. The summed E-state index contributed by atoms with van der Waals surface area (Å²) in [6.45, 7) is 0.739. The van der Waals surface area contributed by atoms with Crippen LogP contribution in [0, 0.1) is 11.3 Å². The van der Waals surface area contributed by atoms with E-state index in [0.717, 1.165) is 18.7 Å². The summed E-state index contributed by atoms with van der Waals surface area (Å²) < 4.78 is 0. The van der Waals surface area contributed by atoms with Crippen LogP contribution in [0.15, 0.2) is 36.7 Å². The van der Waals surface area contributed by atoms with Crippen molar-refractivity contribution in [1.82, 2.24) is 9.97 Å². The van der Waals surface area contributed by atoms with E-state index in [4.69, 9.17) is 11.0 Å². The minimum Gasteiger partial charge on any atom is -0.397 e. The maximum atomic E-state index is 9.09. The normalized spacial score (nSPS) is 9.89. The van der Waals surface area contributed by atoms with Crippen molar-refractivity contribution in [1.29, 1.82) is 5.26 Å². The highest BCUT2D eigenvalue weighted by molar-refractivity contribution is 5.58. The number of nitrogens with zero attached hydrogens (tertiary/aromatic N) is 4. The summed E-state index contributed by atoms with van der Waals surface area (Å²) in [7, 11) is 1.91. The van der Waals surface area contributed by atoms with Gasteiger partial charge in [0.25, 0.3) is 0 Å². The fourth-order valence-electron chi connectivity index (χ4n) is 1.79. The third-order valence-corrected chi connectivity index (χ3v) is 2.80. The standard InChI is InChI=1S/C14H15N5/c1-19(7-5-13-4-2-3-6-17-13)14-11(9-15)8-12(16)10-18-14/h2-4,6,8,10H,5,7,16H2,1H3. The molecule has 0 fully saturated rings. The van der Waals surface area contributed by atoms with E-state index in [1.807, 2.05) is 30.1 Å². The highest BCUT2D eigenvalue weighted by Crippen LogP contribution is 2.18. The predicted molar refractivity (Wildman–Crippen MR) is 74.6 cm³/mol. The van der Waals surface area contributed by atoms with Crippen molar-refractivity contribution in [2.24, 2.45) is 0 Å². The van der Waals surface area contributed by atoms with Crippen LogP contribution in [0.1, 0.15) is 11.3 Å². The lowest BCUT2D eigenvalue weighted by Gasteiger charge is -2.19. The van der Waals surface area contributed by atoms with E-state index in [1.165, 1.54) is 0 Å². The first-order chi connectivity index (χ1) is 9.20. The van der Waals surface area contributed by atoms with Crippen LogP contribution in [0.25, 0.3) is 0 Å². The van der Waals surface area contributed by atoms with Crippen LogP contribution < -0.4 is 10.6 Å². The fourth-order valence-corrected chi connectivity index (χ4v) is 1.79. The highest BCUT2D eigenvalue weighted by atomic mass is 15.2. The highest BCUT2D eigenvalue weighted by Gasteiger charge is 2.09. The molecule has 19 heavy (non-hydrogen) atoms. The van der Waals surface area contributed by atoms with Crippen LogP contribution in [0.3, 0.4) is 0 Å².